The molecule has 0 saturated heterocycles. The maximum absolute atomic E-state index is 9.43. The van der Waals surface area contributed by atoms with Crippen LogP contribution in [0, 0.1) is 6.92 Å². The Balaban J connectivity index is 0.000000383. The Morgan fingerprint density at radius 2 is 1.71 bits per heavy atom. The summed E-state index contributed by atoms with van der Waals surface area (Å²) in [5.41, 5.74) is 3.32. The zero-order valence-electron chi connectivity index (χ0n) is 14.0. The molecule has 21 heavy (non-hydrogen) atoms. The van der Waals surface area contributed by atoms with Crippen molar-refractivity contribution in [2.24, 2.45) is 0 Å². The van der Waals surface area contributed by atoms with Crippen molar-refractivity contribution in [3.8, 4) is 0 Å². The number of likely N-dealkylation sites (N-methyl/N-ethyl adjacent to an activating group) is 1. The van der Waals surface area contributed by atoms with E-state index in [0.29, 0.717) is 5.41 Å². The van der Waals surface area contributed by atoms with Crippen molar-refractivity contribution in [2.75, 3.05) is 27.2 Å². The third kappa shape index (κ3) is 5.50. The van der Waals surface area contributed by atoms with Crippen molar-refractivity contribution in [1.29, 1.82) is 0 Å². The fourth-order valence-corrected chi connectivity index (χ4v) is 2.89. The van der Waals surface area contributed by atoms with Crippen molar-refractivity contribution < 1.29 is 4.79 Å². The molecule has 1 aromatic rings. The van der Waals surface area contributed by atoms with Crippen LogP contribution in [0.4, 0.5) is 0 Å². The van der Waals surface area contributed by atoms with Gasteiger partial charge in [-0.3, -0.25) is 4.79 Å². The molecule has 2 rings (SSSR count). The fourth-order valence-electron chi connectivity index (χ4n) is 2.89. The number of nitrogens with one attached hydrogen (secondary N) is 1. The van der Waals surface area contributed by atoms with Gasteiger partial charge >= 0.3 is 0 Å². The van der Waals surface area contributed by atoms with Gasteiger partial charge < -0.3 is 10.2 Å². The molecule has 0 unspecified atom stereocenters. The Bertz CT molecular complexity index is 406. The molecule has 1 saturated carbocycles. The molecule has 0 aliphatic heterocycles. The smallest absolute Gasteiger partial charge is 0.209 e. The summed E-state index contributed by atoms with van der Waals surface area (Å²) < 4.78 is 0. The van der Waals surface area contributed by atoms with Gasteiger partial charge in [0.2, 0.25) is 6.41 Å². The van der Waals surface area contributed by atoms with Crippen molar-refractivity contribution >= 4 is 6.41 Å². The first kappa shape index (κ1) is 17.7. The van der Waals surface area contributed by atoms with Crippen LogP contribution in [0.2, 0.25) is 0 Å². The third-order valence-corrected chi connectivity index (χ3v) is 4.15. The van der Waals surface area contributed by atoms with Crippen molar-refractivity contribution in [3.63, 3.8) is 0 Å². The number of aryl methyl sites for hydroxylation is 1. The number of hydrogen-bond donors (Lipinski definition) is 1. The van der Waals surface area contributed by atoms with Gasteiger partial charge in [-0.2, -0.15) is 0 Å². The van der Waals surface area contributed by atoms with Gasteiger partial charge in [0.1, 0.15) is 0 Å². The summed E-state index contributed by atoms with van der Waals surface area (Å²) >= 11 is 0. The van der Waals surface area contributed by atoms with Crippen LogP contribution in [0.5, 0.6) is 0 Å². The lowest BCUT2D eigenvalue weighted by Crippen LogP contribution is -2.35. The predicted molar refractivity (Wildman–Crippen MR) is 89.6 cm³/mol. The van der Waals surface area contributed by atoms with Crippen LogP contribution >= 0.6 is 0 Å². The molecule has 1 aliphatic rings. The van der Waals surface area contributed by atoms with Crippen molar-refractivity contribution in [2.45, 2.75) is 44.9 Å². The monoisotopic (exact) mass is 290 g/mol. The highest BCUT2D eigenvalue weighted by Gasteiger charge is 2.34. The van der Waals surface area contributed by atoms with E-state index in [1.807, 2.05) is 0 Å². The molecule has 0 spiro atoms. The van der Waals surface area contributed by atoms with Crippen LogP contribution < -0.4 is 5.32 Å². The van der Waals surface area contributed by atoms with Crippen molar-refractivity contribution in [1.82, 2.24) is 10.2 Å². The maximum Gasteiger partial charge on any atom is 0.209 e. The quantitative estimate of drug-likeness (QED) is 0.845. The van der Waals surface area contributed by atoms with Crippen LogP contribution in [-0.2, 0) is 10.2 Å². The van der Waals surface area contributed by atoms with Crippen molar-refractivity contribution in [3.05, 3.63) is 35.4 Å². The summed E-state index contributed by atoms with van der Waals surface area (Å²) in [6.45, 7) is 6.58. The fraction of sp³-hybridized carbons (Fsp3) is 0.611. The highest BCUT2D eigenvalue weighted by atomic mass is 16.1. The van der Waals surface area contributed by atoms with Gasteiger partial charge in [-0.15, -0.1) is 0 Å². The molecule has 0 atom stereocenters. The number of hydrogen-bond acceptors (Lipinski definition) is 2. The summed E-state index contributed by atoms with van der Waals surface area (Å²) in [5, 5.41) is 3.54. The Labute approximate surface area is 129 Å². The Hall–Kier alpha value is -1.35. The minimum absolute atomic E-state index is 0.420. The van der Waals surface area contributed by atoms with E-state index in [1.165, 1.54) is 41.7 Å². The SMILES string of the molecule is CCNCC1(c2ccc(C)cc2)CCCC1.CN(C)C=O. The average molecular weight is 290 g/mol. The molecule has 0 aromatic heterocycles. The second-order valence-electron chi connectivity index (χ2n) is 6.20. The second kappa shape index (κ2) is 8.83. The van der Waals surface area contributed by atoms with Crippen LogP contribution in [0.15, 0.2) is 24.3 Å². The van der Waals surface area contributed by atoms with E-state index >= 15 is 0 Å². The molecule has 1 N–H and O–H groups in total. The molecule has 1 fully saturated rings. The second-order valence-corrected chi connectivity index (χ2v) is 6.20. The number of carbonyl (C=O) groups is 1. The van der Waals surface area contributed by atoms with Gasteiger partial charge in [-0.25, -0.2) is 0 Å². The first-order valence-electron chi connectivity index (χ1n) is 7.93. The average Bonchev–Trinajstić information content (AvgIpc) is 2.96. The lowest BCUT2D eigenvalue weighted by Gasteiger charge is -2.30. The van der Waals surface area contributed by atoms with Gasteiger partial charge in [0.25, 0.3) is 0 Å². The summed E-state index contributed by atoms with van der Waals surface area (Å²) in [6, 6.07) is 9.17. The third-order valence-electron chi connectivity index (χ3n) is 4.15. The van der Waals surface area contributed by atoms with Gasteiger partial charge in [0.15, 0.2) is 0 Å². The minimum Gasteiger partial charge on any atom is -0.351 e. The highest BCUT2D eigenvalue weighted by molar-refractivity contribution is 5.45. The topological polar surface area (TPSA) is 32.3 Å². The molecule has 1 amide bonds. The summed E-state index contributed by atoms with van der Waals surface area (Å²) in [4.78, 5) is 10.9. The Morgan fingerprint density at radius 1 is 1.19 bits per heavy atom. The number of rotatable bonds is 5. The van der Waals surface area contributed by atoms with Gasteiger partial charge in [0, 0.05) is 26.1 Å². The van der Waals surface area contributed by atoms with Crippen LogP contribution in [0.1, 0.15) is 43.7 Å². The van der Waals surface area contributed by atoms with E-state index < -0.39 is 0 Å². The molecular formula is C18H30N2O. The molecule has 1 aromatic carbocycles. The Morgan fingerprint density at radius 3 is 2.14 bits per heavy atom. The molecular weight excluding hydrogens is 260 g/mol. The first-order chi connectivity index (χ1) is 10.0. The molecule has 118 valence electrons. The van der Waals surface area contributed by atoms with E-state index in [2.05, 4.69) is 43.4 Å². The molecule has 3 nitrogen and oxygen atoms in total. The normalized spacial score (nSPS) is 16.0. The lowest BCUT2D eigenvalue weighted by atomic mass is 9.78. The Kier molecular flexibility index (Phi) is 7.44. The summed E-state index contributed by atoms with van der Waals surface area (Å²) in [6.07, 6.45) is 6.23. The van der Waals surface area contributed by atoms with Crippen LogP contribution in [0.25, 0.3) is 0 Å². The maximum atomic E-state index is 9.43. The number of nitrogens with zero attached hydrogens (tertiary/aromatic N) is 1. The molecule has 1 aliphatic carbocycles. The zero-order valence-corrected chi connectivity index (χ0v) is 14.0. The van der Waals surface area contributed by atoms with Crippen LogP contribution in [-0.4, -0.2) is 38.5 Å². The largest absolute Gasteiger partial charge is 0.351 e. The van der Waals surface area contributed by atoms with Crippen LogP contribution in [0.3, 0.4) is 0 Å². The molecule has 0 bridgehead atoms. The first-order valence-corrected chi connectivity index (χ1v) is 7.93. The van der Waals surface area contributed by atoms with E-state index in [-0.39, 0.29) is 0 Å². The van der Waals surface area contributed by atoms with E-state index in [4.69, 9.17) is 0 Å². The van der Waals surface area contributed by atoms with Gasteiger partial charge in [0.05, 0.1) is 0 Å². The molecule has 3 heteroatoms. The van der Waals surface area contributed by atoms with E-state index in [9.17, 15) is 4.79 Å². The van der Waals surface area contributed by atoms with Gasteiger partial charge in [-0.1, -0.05) is 49.6 Å². The summed E-state index contributed by atoms with van der Waals surface area (Å²) in [7, 11) is 3.38. The van der Waals surface area contributed by atoms with E-state index in [1.54, 1.807) is 14.1 Å². The zero-order chi connectivity index (χ0) is 15.7. The minimum atomic E-state index is 0.420. The van der Waals surface area contributed by atoms with E-state index in [0.717, 1.165) is 19.5 Å². The number of benzene rings is 1. The molecule has 0 heterocycles. The standard InChI is InChI=1S/C15H23N.C3H7NO/c1-3-16-12-15(10-4-5-11-15)14-8-6-13(2)7-9-14;1-4(2)3-5/h6-9,16H,3-5,10-12H2,1-2H3;3H,1-2H3. The predicted octanol–water partition coefficient (Wildman–Crippen LogP) is 3.12. The van der Waals surface area contributed by atoms with Gasteiger partial charge in [-0.05, 0) is 31.9 Å². The molecule has 0 radical (unpaired) electrons. The number of amides is 1. The highest BCUT2D eigenvalue weighted by Crippen LogP contribution is 2.40. The summed E-state index contributed by atoms with van der Waals surface area (Å²) in [5.74, 6) is 0. The lowest BCUT2D eigenvalue weighted by molar-refractivity contribution is -0.115. The number of carbonyl (C=O) groups excluding carboxylic acids is 1.